The molecule has 0 aromatic heterocycles. The van der Waals surface area contributed by atoms with E-state index < -0.39 is 0 Å². The van der Waals surface area contributed by atoms with E-state index in [2.05, 4.69) is 36.6 Å². The van der Waals surface area contributed by atoms with Crippen molar-refractivity contribution in [1.29, 1.82) is 0 Å². The van der Waals surface area contributed by atoms with Crippen LogP contribution < -0.4 is 4.90 Å². The highest BCUT2D eigenvalue weighted by Gasteiger charge is 2.61. The number of aliphatic hydroxyl groups is 1. The van der Waals surface area contributed by atoms with E-state index in [0.717, 1.165) is 50.1 Å². The Morgan fingerprint density at radius 2 is 1.97 bits per heavy atom. The molecule has 1 N–H and O–H groups in total. The van der Waals surface area contributed by atoms with E-state index in [0.29, 0.717) is 23.5 Å². The summed E-state index contributed by atoms with van der Waals surface area (Å²) in [4.78, 5) is 4.74. The third-order valence-corrected chi connectivity index (χ3v) is 8.73. The van der Waals surface area contributed by atoms with E-state index in [1.165, 1.54) is 24.9 Å². The SMILES string of the molecule is CC1(C)C2CCC1(C)C(OCCC(O)CN1CCN(c3cccc(Cl)c3)CC1)C2. The summed E-state index contributed by atoms with van der Waals surface area (Å²) < 4.78 is 6.32. The molecule has 2 saturated carbocycles. The van der Waals surface area contributed by atoms with E-state index in [1.54, 1.807) is 0 Å². The predicted octanol–water partition coefficient (Wildman–Crippen LogP) is 4.44. The fourth-order valence-electron chi connectivity index (χ4n) is 5.98. The van der Waals surface area contributed by atoms with Gasteiger partial charge in [-0.15, -0.1) is 0 Å². The number of nitrogens with zero attached hydrogens (tertiary/aromatic N) is 2. The predicted molar refractivity (Wildman–Crippen MR) is 120 cm³/mol. The van der Waals surface area contributed by atoms with Crippen LogP contribution >= 0.6 is 11.6 Å². The van der Waals surface area contributed by atoms with Crippen LogP contribution in [0.1, 0.15) is 46.5 Å². The Balaban J connectivity index is 1.17. The fraction of sp³-hybridized carbons (Fsp3) is 0.750. The van der Waals surface area contributed by atoms with Crippen molar-refractivity contribution in [1.82, 2.24) is 4.90 Å². The number of fused-ring (bicyclic) bond motifs is 2. The zero-order valence-electron chi connectivity index (χ0n) is 18.2. The maximum absolute atomic E-state index is 10.5. The summed E-state index contributed by atoms with van der Waals surface area (Å²) >= 11 is 6.12. The molecule has 5 heteroatoms. The molecular formula is C24H37ClN2O2. The van der Waals surface area contributed by atoms with Gasteiger partial charge in [0.2, 0.25) is 0 Å². The summed E-state index contributed by atoms with van der Waals surface area (Å²) in [6.07, 6.45) is 4.62. The quantitative estimate of drug-likeness (QED) is 0.707. The topological polar surface area (TPSA) is 35.9 Å². The summed E-state index contributed by atoms with van der Waals surface area (Å²) in [6.45, 7) is 12.6. The lowest BCUT2D eigenvalue weighted by Crippen LogP contribution is -2.48. The standard InChI is InChI=1S/C24H37ClN2O2/c1-23(2)18-7-9-24(23,3)22(15-18)29-14-8-21(28)17-26-10-12-27(13-11-26)20-6-4-5-19(25)16-20/h4-6,16,18,21-22,28H,7-15,17H2,1-3H3. The van der Waals surface area contributed by atoms with Gasteiger partial charge >= 0.3 is 0 Å². The molecule has 2 bridgehead atoms. The number of benzene rings is 1. The van der Waals surface area contributed by atoms with Crippen molar-refractivity contribution in [2.75, 3.05) is 44.2 Å². The van der Waals surface area contributed by atoms with Crippen LogP contribution in [0.15, 0.2) is 24.3 Å². The number of aliphatic hydroxyl groups excluding tert-OH is 1. The van der Waals surface area contributed by atoms with E-state index in [4.69, 9.17) is 16.3 Å². The van der Waals surface area contributed by atoms with E-state index in [9.17, 15) is 5.11 Å². The van der Waals surface area contributed by atoms with Gasteiger partial charge in [0.1, 0.15) is 0 Å². The highest BCUT2D eigenvalue weighted by atomic mass is 35.5. The number of β-amino-alcohol motifs (C(OH)–C–C–N with tert-alkyl or cyclic N) is 1. The molecule has 4 unspecified atom stereocenters. The minimum atomic E-state index is -0.313. The van der Waals surface area contributed by atoms with Gasteiger partial charge in [0.05, 0.1) is 12.2 Å². The lowest BCUT2D eigenvalue weighted by atomic mass is 9.70. The number of rotatable bonds is 7. The first-order valence-electron chi connectivity index (χ1n) is 11.3. The van der Waals surface area contributed by atoms with Crippen molar-refractivity contribution in [3.8, 4) is 0 Å². The molecule has 4 rings (SSSR count). The summed E-state index contributed by atoms with van der Waals surface area (Å²) in [6, 6.07) is 8.06. The van der Waals surface area contributed by atoms with Crippen LogP contribution in [0.3, 0.4) is 0 Å². The third-order valence-electron chi connectivity index (χ3n) is 8.50. The number of piperazine rings is 1. The molecule has 1 saturated heterocycles. The van der Waals surface area contributed by atoms with Gasteiger partial charge in [-0.3, -0.25) is 4.90 Å². The molecule has 29 heavy (non-hydrogen) atoms. The first-order chi connectivity index (χ1) is 13.8. The van der Waals surface area contributed by atoms with Crippen molar-refractivity contribution in [3.63, 3.8) is 0 Å². The highest BCUT2D eigenvalue weighted by molar-refractivity contribution is 6.30. The molecule has 0 radical (unpaired) electrons. The van der Waals surface area contributed by atoms with Crippen LogP contribution in [0.5, 0.6) is 0 Å². The van der Waals surface area contributed by atoms with E-state index >= 15 is 0 Å². The summed E-state index contributed by atoms with van der Waals surface area (Å²) in [5.41, 5.74) is 1.88. The van der Waals surface area contributed by atoms with Crippen LogP contribution in [-0.2, 0) is 4.74 Å². The fourth-order valence-corrected chi connectivity index (χ4v) is 6.16. The van der Waals surface area contributed by atoms with Crippen LogP contribution in [0, 0.1) is 16.7 Å². The largest absolute Gasteiger partial charge is 0.392 e. The van der Waals surface area contributed by atoms with Gasteiger partial charge in [-0.25, -0.2) is 0 Å². The van der Waals surface area contributed by atoms with Crippen molar-refractivity contribution in [2.45, 2.75) is 58.7 Å². The second-order valence-electron chi connectivity index (χ2n) is 10.2. The van der Waals surface area contributed by atoms with Gasteiger partial charge in [0, 0.05) is 50.0 Å². The average molecular weight is 421 g/mol. The van der Waals surface area contributed by atoms with Gasteiger partial charge in [0.15, 0.2) is 0 Å². The summed E-state index contributed by atoms with van der Waals surface area (Å²) in [5.74, 6) is 0.804. The van der Waals surface area contributed by atoms with E-state index in [-0.39, 0.29) is 6.10 Å². The molecule has 1 heterocycles. The van der Waals surface area contributed by atoms with Gasteiger partial charge in [-0.2, -0.15) is 0 Å². The minimum absolute atomic E-state index is 0.305. The molecule has 0 spiro atoms. The van der Waals surface area contributed by atoms with Crippen molar-refractivity contribution >= 4 is 17.3 Å². The second-order valence-corrected chi connectivity index (χ2v) is 10.6. The number of halogens is 1. The number of ether oxygens (including phenoxy) is 1. The number of hydrogen-bond acceptors (Lipinski definition) is 4. The molecule has 1 aromatic rings. The van der Waals surface area contributed by atoms with Crippen molar-refractivity contribution in [2.24, 2.45) is 16.7 Å². The Bertz CT molecular complexity index is 704. The molecule has 4 atom stereocenters. The van der Waals surface area contributed by atoms with Gasteiger partial charge in [-0.05, 0) is 60.6 Å². The zero-order chi connectivity index (χ0) is 20.6. The van der Waals surface area contributed by atoms with Gasteiger partial charge < -0.3 is 14.7 Å². The van der Waals surface area contributed by atoms with Crippen LogP contribution in [0.2, 0.25) is 5.02 Å². The average Bonchev–Trinajstić information content (AvgIpc) is 3.02. The third kappa shape index (κ3) is 4.19. The summed E-state index contributed by atoms with van der Waals surface area (Å²) in [5, 5.41) is 11.3. The molecule has 0 amide bonds. The molecule has 3 aliphatic rings. The Morgan fingerprint density at radius 3 is 2.59 bits per heavy atom. The molecule has 162 valence electrons. The lowest BCUT2D eigenvalue weighted by molar-refractivity contribution is -0.0564. The van der Waals surface area contributed by atoms with Crippen LogP contribution in [0.4, 0.5) is 5.69 Å². The molecule has 4 nitrogen and oxygen atoms in total. The second kappa shape index (κ2) is 8.37. The smallest absolute Gasteiger partial charge is 0.0689 e. The Kier molecular flexibility index (Phi) is 6.19. The molecule has 1 aliphatic heterocycles. The number of anilines is 1. The van der Waals surface area contributed by atoms with E-state index in [1.807, 2.05) is 18.2 Å². The van der Waals surface area contributed by atoms with Crippen molar-refractivity contribution < 1.29 is 9.84 Å². The molecular weight excluding hydrogens is 384 g/mol. The van der Waals surface area contributed by atoms with Gasteiger partial charge in [-0.1, -0.05) is 38.4 Å². The minimum Gasteiger partial charge on any atom is -0.392 e. The molecule has 1 aromatic carbocycles. The monoisotopic (exact) mass is 420 g/mol. The first-order valence-corrected chi connectivity index (χ1v) is 11.7. The molecule has 3 fully saturated rings. The van der Waals surface area contributed by atoms with Crippen LogP contribution in [0.25, 0.3) is 0 Å². The molecule has 2 aliphatic carbocycles. The normalized spacial score (nSPS) is 32.7. The zero-order valence-corrected chi connectivity index (χ0v) is 19.0. The number of hydrogen-bond donors (Lipinski definition) is 1. The van der Waals surface area contributed by atoms with Crippen molar-refractivity contribution in [3.05, 3.63) is 29.3 Å². The maximum atomic E-state index is 10.5. The lowest BCUT2D eigenvalue weighted by Gasteiger charge is -2.39. The Hall–Kier alpha value is -0.810. The first kappa shape index (κ1) is 21.4. The summed E-state index contributed by atoms with van der Waals surface area (Å²) in [7, 11) is 0. The Labute approximate surface area is 181 Å². The van der Waals surface area contributed by atoms with Crippen LogP contribution in [-0.4, -0.2) is 61.5 Å². The maximum Gasteiger partial charge on any atom is 0.0689 e. The highest BCUT2D eigenvalue weighted by Crippen LogP contribution is 2.66. The Morgan fingerprint density at radius 1 is 1.21 bits per heavy atom. The van der Waals surface area contributed by atoms with Gasteiger partial charge in [0.25, 0.3) is 0 Å².